The average molecular weight is 525 g/mol. The lowest BCUT2D eigenvalue weighted by Gasteiger charge is -2.22. The molecule has 1 amide bonds. The fourth-order valence-corrected chi connectivity index (χ4v) is 4.68. The van der Waals surface area contributed by atoms with Gasteiger partial charge in [-0.15, -0.1) is 0 Å². The highest BCUT2D eigenvalue weighted by Gasteiger charge is 2.35. The standard InChI is InChI=1S/C28H30ClFN4O3/c1-4-28(37)8-10-33(17-28)26-14-20(7-9-31-26)23-16-21(30)15-22(27(23)36)19-5-6-25(24(29)13-19)34(18-35)12-11-32(2)3/h5-7,9,11-16,18,36-37H,4,8,10,17H2,1-3H3/b12-11-. The van der Waals surface area contributed by atoms with Crippen LogP contribution in [0.2, 0.25) is 5.02 Å². The van der Waals surface area contributed by atoms with E-state index in [1.165, 1.54) is 17.0 Å². The number of aromatic nitrogens is 1. The van der Waals surface area contributed by atoms with Crippen LogP contribution in [0.3, 0.4) is 0 Å². The van der Waals surface area contributed by atoms with Crippen LogP contribution in [0.25, 0.3) is 22.3 Å². The van der Waals surface area contributed by atoms with Crippen LogP contribution in [0.5, 0.6) is 5.75 Å². The third kappa shape index (κ3) is 5.70. The van der Waals surface area contributed by atoms with Crippen LogP contribution in [0.15, 0.2) is 61.1 Å². The molecule has 2 N–H and O–H groups in total. The molecule has 1 aromatic heterocycles. The fourth-order valence-electron chi connectivity index (χ4n) is 4.40. The van der Waals surface area contributed by atoms with Gasteiger partial charge in [-0.2, -0.15) is 0 Å². The number of nitrogens with zero attached hydrogens (tertiary/aromatic N) is 4. The molecule has 0 saturated carbocycles. The average Bonchev–Trinajstić information content (AvgIpc) is 3.29. The summed E-state index contributed by atoms with van der Waals surface area (Å²) in [6.45, 7) is 3.08. The molecule has 194 valence electrons. The van der Waals surface area contributed by atoms with Gasteiger partial charge in [-0.05, 0) is 60.4 Å². The van der Waals surface area contributed by atoms with E-state index in [0.29, 0.717) is 60.5 Å². The van der Waals surface area contributed by atoms with Gasteiger partial charge in [-0.25, -0.2) is 9.37 Å². The van der Waals surface area contributed by atoms with E-state index in [2.05, 4.69) is 4.98 Å². The van der Waals surface area contributed by atoms with Crippen molar-refractivity contribution in [2.75, 3.05) is 37.0 Å². The highest BCUT2D eigenvalue weighted by molar-refractivity contribution is 6.34. The molecule has 4 rings (SSSR count). The molecule has 1 aliphatic rings. The van der Waals surface area contributed by atoms with Gasteiger partial charge in [0.2, 0.25) is 6.41 Å². The van der Waals surface area contributed by atoms with E-state index in [-0.39, 0.29) is 16.3 Å². The Labute approximate surface area is 221 Å². The lowest BCUT2D eigenvalue weighted by atomic mass is 9.97. The second kappa shape index (κ2) is 10.8. The van der Waals surface area contributed by atoms with Crippen LogP contribution in [0.1, 0.15) is 19.8 Å². The maximum Gasteiger partial charge on any atom is 0.218 e. The summed E-state index contributed by atoms with van der Waals surface area (Å²) in [5.74, 6) is 0.0270. The molecule has 0 spiro atoms. The molecular weight excluding hydrogens is 495 g/mol. The van der Waals surface area contributed by atoms with Gasteiger partial charge in [0.1, 0.15) is 17.4 Å². The van der Waals surface area contributed by atoms with Gasteiger partial charge in [0.05, 0.1) is 16.3 Å². The van der Waals surface area contributed by atoms with E-state index < -0.39 is 11.4 Å². The monoisotopic (exact) mass is 524 g/mol. The van der Waals surface area contributed by atoms with Crippen molar-refractivity contribution in [3.8, 4) is 28.0 Å². The van der Waals surface area contributed by atoms with Crippen LogP contribution >= 0.6 is 11.6 Å². The topological polar surface area (TPSA) is 80.1 Å². The normalized spacial score (nSPS) is 17.4. The molecule has 1 atom stereocenters. The number of amides is 1. The van der Waals surface area contributed by atoms with Crippen molar-refractivity contribution in [1.29, 1.82) is 0 Å². The van der Waals surface area contributed by atoms with Crippen molar-refractivity contribution in [2.45, 2.75) is 25.4 Å². The summed E-state index contributed by atoms with van der Waals surface area (Å²) in [6, 6.07) is 10.9. The van der Waals surface area contributed by atoms with Gasteiger partial charge in [0.15, 0.2) is 0 Å². The Morgan fingerprint density at radius 1 is 1.14 bits per heavy atom. The van der Waals surface area contributed by atoms with Crippen molar-refractivity contribution in [2.24, 2.45) is 0 Å². The Kier molecular flexibility index (Phi) is 7.71. The first-order valence-electron chi connectivity index (χ1n) is 12.0. The maximum absolute atomic E-state index is 14.8. The van der Waals surface area contributed by atoms with Crippen LogP contribution in [-0.4, -0.2) is 59.3 Å². The minimum absolute atomic E-state index is 0.103. The number of phenolic OH excluding ortho intramolecular Hbond substituents is 1. The number of anilines is 2. The summed E-state index contributed by atoms with van der Waals surface area (Å²) >= 11 is 6.49. The Hall–Kier alpha value is -3.62. The zero-order chi connectivity index (χ0) is 26.7. The van der Waals surface area contributed by atoms with Crippen molar-refractivity contribution in [3.05, 3.63) is 71.9 Å². The number of rotatable bonds is 8. The second-order valence-electron chi connectivity index (χ2n) is 9.44. The minimum atomic E-state index is -0.751. The van der Waals surface area contributed by atoms with Crippen molar-refractivity contribution < 1.29 is 19.4 Å². The van der Waals surface area contributed by atoms with E-state index in [9.17, 15) is 19.4 Å². The van der Waals surface area contributed by atoms with Crippen molar-refractivity contribution in [3.63, 3.8) is 0 Å². The zero-order valence-electron chi connectivity index (χ0n) is 21.0. The first kappa shape index (κ1) is 26.4. The quantitative estimate of drug-likeness (QED) is 0.391. The molecule has 0 aliphatic carbocycles. The van der Waals surface area contributed by atoms with Gasteiger partial charge >= 0.3 is 0 Å². The molecule has 1 saturated heterocycles. The Morgan fingerprint density at radius 3 is 2.43 bits per heavy atom. The van der Waals surface area contributed by atoms with Crippen LogP contribution in [0.4, 0.5) is 15.9 Å². The molecule has 37 heavy (non-hydrogen) atoms. The highest BCUT2D eigenvalue weighted by Crippen LogP contribution is 2.42. The summed E-state index contributed by atoms with van der Waals surface area (Å²) < 4.78 is 14.8. The number of hydrogen-bond acceptors (Lipinski definition) is 6. The molecular formula is C28H30ClFN4O3. The predicted molar refractivity (Wildman–Crippen MR) is 145 cm³/mol. The maximum atomic E-state index is 14.8. The van der Waals surface area contributed by atoms with Gasteiger partial charge in [0, 0.05) is 56.9 Å². The third-order valence-electron chi connectivity index (χ3n) is 6.62. The first-order valence-corrected chi connectivity index (χ1v) is 12.4. The lowest BCUT2D eigenvalue weighted by molar-refractivity contribution is -0.107. The Bertz CT molecular complexity index is 1330. The molecule has 0 bridgehead atoms. The summed E-state index contributed by atoms with van der Waals surface area (Å²) in [4.78, 5) is 21.1. The van der Waals surface area contributed by atoms with E-state index in [1.807, 2.05) is 25.9 Å². The lowest BCUT2D eigenvalue weighted by Crippen LogP contribution is -2.32. The fraction of sp³-hybridized carbons (Fsp3) is 0.286. The van der Waals surface area contributed by atoms with Gasteiger partial charge < -0.3 is 20.0 Å². The van der Waals surface area contributed by atoms with Gasteiger partial charge in [-0.3, -0.25) is 9.69 Å². The Morgan fingerprint density at radius 2 is 1.84 bits per heavy atom. The number of pyridine rings is 1. The molecule has 3 aromatic rings. The zero-order valence-corrected chi connectivity index (χ0v) is 21.8. The molecule has 1 aliphatic heterocycles. The van der Waals surface area contributed by atoms with Crippen LogP contribution in [-0.2, 0) is 4.79 Å². The number of aliphatic hydroxyl groups is 1. The number of phenols is 1. The predicted octanol–water partition coefficient (Wildman–Crippen LogP) is 5.26. The van der Waals surface area contributed by atoms with E-state index >= 15 is 0 Å². The minimum Gasteiger partial charge on any atom is -0.507 e. The number of halogens is 2. The molecule has 2 heterocycles. The molecule has 1 fully saturated rings. The van der Waals surface area contributed by atoms with Gasteiger partial charge in [-0.1, -0.05) is 24.6 Å². The van der Waals surface area contributed by atoms with Crippen LogP contribution in [0, 0.1) is 5.82 Å². The second-order valence-corrected chi connectivity index (χ2v) is 9.85. The number of hydrogen-bond donors (Lipinski definition) is 2. The van der Waals surface area contributed by atoms with Crippen LogP contribution < -0.4 is 9.80 Å². The van der Waals surface area contributed by atoms with E-state index in [4.69, 9.17) is 11.6 Å². The number of carbonyl (C=O) groups is 1. The summed E-state index contributed by atoms with van der Waals surface area (Å²) in [5, 5.41) is 22.1. The smallest absolute Gasteiger partial charge is 0.218 e. The number of β-amino-alcohol motifs (C(OH)–C–C–N with tert-alkyl or cyclic N) is 1. The number of carbonyl (C=O) groups excluding carboxylic acids is 1. The SMILES string of the molecule is CCC1(O)CCN(c2cc(-c3cc(F)cc(-c4ccc(N(C=O)/C=C\N(C)C)c(Cl)c4)c3O)ccn2)C1. The molecule has 2 aromatic carbocycles. The third-order valence-corrected chi connectivity index (χ3v) is 6.92. The highest BCUT2D eigenvalue weighted by atomic mass is 35.5. The molecule has 9 heteroatoms. The van der Waals surface area contributed by atoms with E-state index in [0.717, 1.165) is 0 Å². The summed E-state index contributed by atoms with van der Waals surface area (Å²) in [6.07, 6.45) is 6.83. The largest absolute Gasteiger partial charge is 0.507 e. The molecule has 1 unspecified atom stereocenters. The first-order chi connectivity index (χ1) is 17.6. The summed E-state index contributed by atoms with van der Waals surface area (Å²) in [5.41, 5.74) is 1.37. The molecule has 0 radical (unpaired) electrons. The summed E-state index contributed by atoms with van der Waals surface area (Å²) in [7, 11) is 3.66. The molecule has 7 nitrogen and oxygen atoms in total. The Balaban J connectivity index is 1.69. The van der Waals surface area contributed by atoms with Gasteiger partial charge in [0.25, 0.3) is 0 Å². The number of benzene rings is 2. The van der Waals surface area contributed by atoms with Crippen molar-refractivity contribution >= 4 is 29.5 Å². The van der Waals surface area contributed by atoms with Crippen molar-refractivity contribution in [1.82, 2.24) is 9.88 Å². The van der Waals surface area contributed by atoms with E-state index in [1.54, 1.807) is 53.8 Å². The number of aromatic hydroxyl groups is 1.